The predicted molar refractivity (Wildman–Crippen MR) is 128 cm³/mol. The van der Waals surface area contributed by atoms with Crippen LogP contribution < -0.4 is 0 Å². The topological polar surface area (TPSA) is 96.0 Å². The zero-order valence-electron chi connectivity index (χ0n) is 22.3. The maximum atomic E-state index is 12.1. The minimum absolute atomic E-state index is 0.0231. The molecule has 33 heavy (non-hydrogen) atoms. The van der Waals surface area contributed by atoms with Gasteiger partial charge in [-0.25, -0.2) is 0 Å². The fourth-order valence-electron chi connectivity index (χ4n) is 2.78. The molecule has 0 aliphatic carbocycles. The normalized spacial score (nSPS) is 12.5. The largest absolute Gasteiger partial charge is 0.466 e. The zero-order valence-corrected chi connectivity index (χ0v) is 22.3. The molecule has 0 radical (unpaired) electrons. The monoisotopic (exact) mass is 470 g/mol. The van der Waals surface area contributed by atoms with Crippen molar-refractivity contribution in [2.75, 3.05) is 13.2 Å². The summed E-state index contributed by atoms with van der Waals surface area (Å²) in [5, 5.41) is 0. The summed E-state index contributed by atoms with van der Waals surface area (Å²) >= 11 is 0. The van der Waals surface area contributed by atoms with Gasteiger partial charge in [-0.3, -0.25) is 19.2 Å². The van der Waals surface area contributed by atoms with E-state index in [0.717, 1.165) is 0 Å². The highest BCUT2D eigenvalue weighted by molar-refractivity contribution is 5.84. The van der Waals surface area contributed by atoms with Crippen LogP contribution in [0.25, 0.3) is 0 Å². The summed E-state index contributed by atoms with van der Waals surface area (Å²) in [5.74, 6) is -0.414. The smallest absolute Gasteiger partial charge is 0.306 e. The first-order chi connectivity index (χ1) is 14.9. The third-order valence-corrected chi connectivity index (χ3v) is 5.24. The second-order valence-corrected chi connectivity index (χ2v) is 11.3. The van der Waals surface area contributed by atoms with E-state index < -0.39 is 11.2 Å². The first-order valence-corrected chi connectivity index (χ1v) is 12.0. The molecular weight excluding hydrogens is 424 g/mol. The Balaban J connectivity index is 4.21. The van der Waals surface area contributed by atoms with E-state index >= 15 is 0 Å². The van der Waals surface area contributed by atoms with E-state index in [2.05, 4.69) is 0 Å². The Bertz CT molecular complexity index is 654. The van der Waals surface area contributed by atoms with Gasteiger partial charge in [-0.05, 0) is 40.5 Å². The van der Waals surface area contributed by atoms with E-state index in [9.17, 15) is 19.2 Å². The summed E-state index contributed by atoms with van der Waals surface area (Å²) in [6.45, 7) is 17.0. The molecule has 0 aromatic heterocycles. The summed E-state index contributed by atoms with van der Waals surface area (Å²) < 4.78 is 16.7. The lowest BCUT2D eigenvalue weighted by atomic mass is 9.88. The molecule has 0 saturated heterocycles. The Morgan fingerprint density at radius 2 is 1.27 bits per heavy atom. The zero-order chi connectivity index (χ0) is 25.9. The Morgan fingerprint density at radius 1 is 0.727 bits per heavy atom. The minimum Gasteiger partial charge on any atom is -0.466 e. The van der Waals surface area contributed by atoms with Crippen LogP contribution in [0.1, 0.15) is 107 Å². The summed E-state index contributed by atoms with van der Waals surface area (Å²) in [6, 6.07) is 0. The molecule has 0 aliphatic heterocycles. The first-order valence-electron chi connectivity index (χ1n) is 12.0. The molecule has 0 amide bonds. The SMILES string of the molecule is CC(C)C(=O)CCCC(=O)OC(C)(C)COC(C)(C)CCOC(=O)CCCC(=O)C(C)(C)C. The van der Waals surface area contributed by atoms with Crippen molar-refractivity contribution in [1.82, 2.24) is 0 Å². The molecule has 0 atom stereocenters. The van der Waals surface area contributed by atoms with Crippen LogP contribution in [-0.4, -0.2) is 47.9 Å². The highest BCUT2D eigenvalue weighted by Crippen LogP contribution is 2.21. The van der Waals surface area contributed by atoms with Gasteiger partial charge in [-0.15, -0.1) is 0 Å². The van der Waals surface area contributed by atoms with Crippen molar-refractivity contribution in [3.8, 4) is 0 Å². The summed E-state index contributed by atoms with van der Waals surface area (Å²) in [7, 11) is 0. The van der Waals surface area contributed by atoms with Gasteiger partial charge < -0.3 is 14.2 Å². The lowest BCUT2D eigenvalue weighted by molar-refractivity contribution is -0.170. The van der Waals surface area contributed by atoms with Crippen molar-refractivity contribution >= 4 is 23.5 Å². The highest BCUT2D eigenvalue weighted by Gasteiger charge is 2.28. The molecule has 192 valence electrons. The third kappa shape index (κ3) is 15.7. The lowest BCUT2D eigenvalue weighted by Gasteiger charge is -2.31. The molecule has 0 spiro atoms. The van der Waals surface area contributed by atoms with Crippen LogP contribution in [-0.2, 0) is 33.4 Å². The van der Waals surface area contributed by atoms with Crippen molar-refractivity contribution in [2.45, 2.75) is 118 Å². The number of carbonyl (C=O) groups is 4. The number of hydrogen-bond donors (Lipinski definition) is 0. The number of ketones is 2. The highest BCUT2D eigenvalue weighted by atomic mass is 16.6. The molecule has 0 aromatic rings. The maximum absolute atomic E-state index is 12.1. The molecule has 0 heterocycles. The molecule has 0 aliphatic rings. The summed E-state index contributed by atoms with van der Waals surface area (Å²) in [4.78, 5) is 47.6. The van der Waals surface area contributed by atoms with Gasteiger partial charge in [0.15, 0.2) is 0 Å². The predicted octanol–water partition coefficient (Wildman–Crippen LogP) is 5.22. The molecule has 0 unspecified atom stereocenters. The summed E-state index contributed by atoms with van der Waals surface area (Å²) in [5.41, 5.74) is -1.78. The molecule has 0 saturated carbocycles. The number of ether oxygens (including phenoxy) is 3. The molecule has 0 N–H and O–H groups in total. The van der Waals surface area contributed by atoms with E-state index in [4.69, 9.17) is 14.2 Å². The third-order valence-electron chi connectivity index (χ3n) is 5.24. The Hall–Kier alpha value is -1.76. The molecule has 0 fully saturated rings. The van der Waals surface area contributed by atoms with E-state index in [1.807, 2.05) is 48.5 Å². The second kappa shape index (κ2) is 13.8. The van der Waals surface area contributed by atoms with E-state index in [0.29, 0.717) is 32.1 Å². The number of Topliss-reactive ketones (excluding diaryl/α,β-unsaturated/α-hetero) is 2. The Morgan fingerprint density at radius 3 is 1.82 bits per heavy atom. The molecule has 7 heteroatoms. The van der Waals surface area contributed by atoms with E-state index in [1.54, 1.807) is 13.8 Å². The van der Waals surface area contributed by atoms with Gasteiger partial charge in [0.2, 0.25) is 0 Å². The van der Waals surface area contributed by atoms with Crippen LogP contribution in [0.4, 0.5) is 0 Å². The van der Waals surface area contributed by atoms with Gasteiger partial charge in [0, 0.05) is 43.4 Å². The fraction of sp³-hybridized carbons (Fsp3) is 0.846. The van der Waals surface area contributed by atoms with E-state index in [-0.39, 0.29) is 60.9 Å². The van der Waals surface area contributed by atoms with Gasteiger partial charge >= 0.3 is 11.9 Å². The molecule has 0 bridgehead atoms. The van der Waals surface area contributed by atoms with Crippen molar-refractivity contribution in [2.24, 2.45) is 11.3 Å². The van der Waals surface area contributed by atoms with Crippen LogP contribution in [0.2, 0.25) is 0 Å². The number of carbonyl (C=O) groups excluding carboxylic acids is 4. The second-order valence-electron chi connectivity index (χ2n) is 11.3. The fourth-order valence-corrected chi connectivity index (χ4v) is 2.78. The average molecular weight is 471 g/mol. The Labute approximate surface area is 200 Å². The van der Waals surface area contributed by atoms with Crippen LogP contribution in [0.5, 0.6) is 0 Å². The van der Waals surface area contributed by atoms with Gasteiger partial charge in [0.25, 0.3) is 0 Å². The summed E-state index contributed by atoms with van der Waals surface area (Å²) in [6.07, 6.45) is 2.61. The molecule has 0 rings (SSSR count). The quantitative estimate of drug-likeness (QED) is 0.285. The maximum Gasteiger partial charge on any atom is 0.306 e. The van der Waals surface area contributed by atoms with Gasteiger partial charge in [-0.2, -0.15) is 0 Å². The van der Waals surface area contributed by atoms with Crippen molar-refractivity contribution < 1.29 is 33.4 Å². The van der Waals surface area contributed by atoms with Crippen molar-refractivity contribution in [3.63, 3.8) is 0 Å². The van der Waals surface area contributed by atoms with Crippen LogP contribution >= 0.6 is 0 Å². The number of rotatable bonds is 16. The van der Waals surface area contributed by atoms with Gasteiger partial charge in [0.1, 0.15) is 17.2 Å². The van der Waals surface area contributed by atoms with Crippen LogP contribution in [0.3, 0.4) is 0 Å². The standard InChI is InChI=1S/C26H46O7/c1-19(2)20(27)12-10-15-23(30)33-26(8,9)18-32-25(6,7)16-17-31-22(29)14-11-13-21(28)24(3,4)5/h19H,10-18H2,1-9H3. The van der Waals surface area contributed by atoms with Crippen molar-refractivity contribution in [1.29, 1.82) is 0 Å². The molecule has 7 nitrogen and oxygen atoms in total. The van der Waals surface area contributed by atoms with Crippen molar-refractivity contribution in [3.05, 3.63) is 0 Å². The van der Waals surface area contributed by atoms with Crippen LogP contribution in [0.15, 0.2) is 0 Å². The number of hydrogen-bond acceptors (Lipinski definition) is 7. The lowest BCUT2D eigenvalue weighted by Crippen LogP contribution is -2.38. The minimum atomic E-state index is -0.813. The number of esters is 2. The van der Waals surface area contributed by atoms with E-state index in [1.165, 1.54) is 0 Å². The van der Waals surface area contributed by atoms with Crippen LogP contribution in [0, 0.1) is 11.3 Å². The Kier molecular flexibility index (Phi) is 13.1. The van der Waals surface area contributed by atoms with Gasteiger partial charge in [0.05, 0.1) is 18.8 Å². The average Bonchev–Trinajstić information content (AvgIpc) is 2.65. The first kappa shape index (κ1) is 31.2. The molecule has 0 aromatic carbocycles. The van der Waals surface area contributed by atoms with Gasteiger partial charge in [-0.1, -0.05) is 34.6 Å². The molecular formula is C26H46O7.